The maximum Gasteiger partial charge on any atom is 0.254 e. The van der Waals surface area contributed by atoms with E-state index < -0.39 is 0 Å². The van der Waals surface area contributed by atoms with Gasteiger partial charge in [0.2, 0.25) is 0 Å². The number of likely N-dealkylation sites (N-methyl/N-ethyl adjacent to an activating group) is 1. The van der Waals surface area contributed by atoms with E-state index in [4.69, 9.17) is 0 Å². The van der Waals surface area contributed by atoms with Gasteiger partial charge in [-0.25, -0.2) is 0 Å². The zero-order valence-electron chi connectivity index (χ0n) is 12.2. The van der Waals surface area contributed by atoms with E-state index in [2.05, 4.69) is 25.2 Å². The van der Waals surface area contributed by atoms with Crippen LogP contribution in [-0.4, -0.2) is 36.5 Å². The molecular formula is C16H24N2O. The minimum Gasteiger partial charge on any atom is -0.335 e. The van der Waals surface area contributed by atoms with E-state index in [9.17, 15) is 4.79 Å². The summed E-state index contributed by atoms with van der Waals surface area (Å²) in [7, 11) is 0. The SMILES string of the molecule is CCN(C(=O)c1ccc(C)cc1C)C1CCCNC1. The zero-order valence-corrected chi connectivity index (χ0v) is 12.2. The van der Waals surface area contributed by atoms with E-state index in [1.165, 1.54) is 5.56 Å². The second-order valence-corrected chi connectivity index (χ2v) is 5.41. The first-order valence-corrected chi connectivity index (χ1v) is 7.22. The number of nitrogens with zero attached hydrogens (tertiary/aromatic N) is 1. The molecule has 1 amide bonds. The normalized spacial score (nSPS) is 19.2. The Morgan fingerprint density at radius 3 is 2.79 bits per heavy atom. The number of hydrogen-bond acceptors (Lipinski definition) is 2. The molecule has 2 rings (SSSR count). The Hall–Kier alpha value is -1.35. The lowest BCUT2D eigenvalue weighted by molar-refractivity contribution is 0.0661. The van der Waals surface area contributed by atoms with Gasteiger partial charge in [-0.1, -0.05) is 17.7 Å². The smallest absolute Gasteiger partial charge is 0.254 e. The number of piperidine rings is 1. The zero-order chi connectivity index (χ0) is 13.8. The highest BCUT2D eigenvalue weighted by Gasteiger charge is 2.25. The molecule has 1 saturated heterocycles. The first-order chi connectivity index (χ1) is 9.13. The van der Waals surface area contributed by atoms with E-state index in [0.717, 1.165) is 43.6 Å². The van der Waals surface area contributed by atoms with E-state index in [1.807, 2.05) is 24.0 Å². The van der Waals surface area contributed by atoms with Crippen LogP contribution >= 0.6 is 0 Å². The second kappa shape index (κ2) is 6.20. The average molecular weight is 260 g/mol. The lowest BCUT2D eigenvalue weighted by Gasteiger charge is -2.34. The van der Waals surface area contributed by atoms with Crippen LogP contribution in [0.5, 0.6) is 0 Å². The fourth-order valence-corrected chi connectivity index (χ4v) is 2.88. The molecule has 1 aliphatic heterocycles. The number of nitrogens with one attached hydrogen (secondary N) is 1. The van der Waals surface area contributed by atoms with Crippen LogP contribution in [0.2, 0.25) is 0 Å². The van der Waals surface area contributed by atoms with Crippen LogP contribution in [0.4, 0.5) is 0 Å². The van der Waals surface area contributed by atoms with E-state index in [-0.39, 0.29) is 5.91 Å². The van der Waals surface area contributed by atoms with Crippen molar-refractivity contribution in [3.05, 3.63) is 34.9 Å². The topological polar surface area (TPSA) is 32.3 Å². The minimum atomic E-state index is 0.175. The van der Waals surface area contributed by atoms with E-state index in [1.54, 1.807) is 0 Å². The fourth-order valence-electron chi connectivity index (χ4n) is 2.88. The Morgan fingerprint density at radius 2 is 2.21 bits per heavy atom. The van der Waals surface area contributed by atoms with Crippen molar-refractivity contribution in [2.75, 3.05) is 19.6 Å². The number of benzene rings is 1. The number of amides is 1. The Bertz CT molecular complexity index is 450. The summed E-state index contributed by atoms with van der Waals surface area (Å²) in [5.74, 6) is 0.175. The molecule has 0 spiro atoms. The van der Waals surface area contributed by atoms with Crippen molar-refractivity contribution in [3.63, 3.8) is 0 Å². The van der Waals surface area contributed by atoms with Gasteiger partial charge in [-0.05, 0) is 51.8 Å². The quantitative estimate of drug-likeness (QED) is 0.905. The largest absolute Gasteiger partial charge is 0.335 e. The van der Waals surface area contributed by atoms with Crippen LogP contribution in [0, 0.1) is 13.8 Å². The molecule has 1 heterocycles. The lowest BCUT2D eigenvalue weighted by atomic mass is 10.0. The number of carbonyl (C=O) groups excluding carboxylic acids is 1. The number of hydrogen-bond donors (Lipinski definition) is 1. The van der Waals surface area contributed by atoms with Crippen LogP contribution in [0.25, 0.3) is 0 Å². The van der Waals surface area contributed by atoms with Crippen molar-refractivity contribution in [2.24, 2.45) is 0 Å². The highest BCUT2D eigenvalue weighted by atomic mass is 16.2. The standard InChI is InChI=1S/C16H24N2O/c1-4-18(14-6-5-9-17-11-14)16(19)15-8-7-12(2)10-13(15)3/h7-8,10,14,17H,4-6,9,11H2,1-3H3. The van der Waals surface area contributed by atoms with Gasteiger partial charge in [-0.3, -0.25) is 4.79 Å². The third kappa shape index (κ3) is 3.16. The third-order valence-corrected chi connectivity index (χ3v) is 3.93. The summed E-state index contributed by atoms with van der Waals surface area (Å²) in [5.41, 5.74) is 3.13. The van der Waals surface area contributed by atoms with Gasteiger partial charge in [-0.15, -0.1) is 0 Å². The van der Waals surface area contributed by atoms with Gasteiger partial charge in [0.1, 0.15) is 0 Å². The third-order valence-electron chi connectivity index (χ3n) is 3.93. The summed E-state index contributed by atoms with van der Waals surface area (Å²) >= 11 is 0. The molecule has 1 fully saturated rings. The molecule has 0 saturated carbocycles. The van der Waals surface area contributed by atoms with Gasteiger partial charge in [0, 0.05) is 24.7 Å². The van der Waals surface area contributed by atoms with Crippen molar-refractivity contribution in [1.29, 1.82) is 0 Å². The van der Waals surface area contributed by atoms with E-state index >= 15 is 0 Å². The second-order valence-electron chi connectivity index (χ2n) is 5.41. The maximum absolute atomic E-state index is 12.7. The van der Waals surface area contributed by atoms with E-state index in [0.29, 0.717) is 6.04 Å². The van der Waals surface area contributed by atoms with Gasteiger partial charge in [0.25, 0.3) is 5.91 Å². The summed E-state index contributed by atoms with van der Waals surface area (Å²) in [4.78, 5) is 14.7. The molecule has 19 heavy (non-hydrogen) atoms. The first-order valence-electron chi connectivity index (χ1n) is 7.22. The van der Waals surface area contributed by atoms with Gasteiger partial charge in [0.05, 0.1) is 0 Å². The summed E-state index contributed by atoms with van der Waals surface area (Å²) < 4.78 is 0. The molecule has 1 unspecified atom stereocenters. The Labute approximate surface area is 116 Å². The molecule has 1 aromatic rings. The van der Waals surface area contributed by atoms with Gasteiger partial charge in [-0.2, -0.15) is 0 Å². The first kappa shape index (κ1) is 14.1. The van der Waals surface area contributed by atoms with Crippen molar-refractivity contribution in [3.8, 4) is 0 Å². The Balaban J connectivity index is 2.19. The molecule has 3 heteroatoms. The molecule has 1 atom stereocenters. The Kier molecular flexibility index (Phi) is 4.59. The molecule has 0 bridgehead atoms. The molecule has 0 radical (unpaired) electrons. The fraction of sp³-hybridized carbons (Fsp3) is 0.562. The Morgan fingerprint density at radius 1 is 1.42 bits per heavy atom. The van der Waals surface area contributed by atoms with Gasteiger partial charge >= 0.3 is 0 Å². The monoisotopic (exact) mass is 260 g/mol. The predicted molar refractivity (Wildman–Crippen MR) is 78.5 cm³/mol. The van der Waals surface area contributed by atoms with Crippen LogP contribution in [0.3, 0.4) is 0 Å². The molecule has 3 nitrogen and oxygen atoms in total. The van der Waals surface area contributed by atoms with Crippen LogP contribution < -0.4 is 5.32 Å². The molecule has 1 aliphatic rings. The molecule has 0 aliphatic carbocycles. The van der Waals surface area contributed by atoms with Crippen LogP contribution in [-0.2, 0) is 0 Å². The van der Waals surface area contributed by atoms with Crippen LogP contribution in [0.1, 0.15) is 41.3 Å². The number of aryl methyl sites for hydroxylation is 2. The number of rotatable bonds is 3. The molecular weight excluding hydrogens is 236 g/mol. The molecule has 1 aromatic carbocycles. The minimum absolute atomic E-state index is 0.175. The van der Waals surface area contributed by atoms with Crippen molar-refractivity contribution in [1.82, 2.24) is 10.2 Å². The predicted octanol–water partition coefficient (Wildman–Crippen LogP) is 2.52. The summed E-state index contributed by atoms with van der Waals surface area (Å²) in [6, 6.07) is 6.41. The summed E-state index contributed by atoms with van der Waals surface area (Å²) in [5, 5.41) is 3.39. The summed E-state index contributed by atoms with van der Waals surface area (Å²) in [6.07, 6.45) is 2.26. The molecule has 104 valence electrons. The molecule has 1 N–H and O–H groups in total. The van der Waals surface area contributed by atoms with Gasteiger partial charge < -0.3 is 10.2 Å². The van der Waals surface area contributed by atoms with Crippen molar-refractivity contribution >= 4 is 5.91 Å². The maximum atomic E-state index is 12.7. The highest BCUT2D eigenvalue weighted by Crippen LogP contribution is 2.17. The lowest BCUT2D eigenvalue weighted by Crippen LogP contribution is -2.48. The number of carbonyl (C=O) groups is 1. The van der Waals surface area contributed by atoms with Gasteiger partial charge in [0.15, 0.2) is 0 Å². The van der Waals surface area contributed by atoms with Crippen molar-refractivity contribution in [2.45, 2.75) is 39.7 Å². The molecule has 0 aromatic heterocycles. The average Bonchev–Trinajstić information content (AvgIpc) is 2.40. The van der Waals surface area contributed by atoms with Crippen LogP contribution in [0.15, 0.2) is 18.2 Å². The van der Waals surface area contributed by atoms with Crippen molar-refractivity contribution < 1.29 is 4.79 Å². The highest BCUT2D eigenvalue weighted by molar-refractivity contribution is 5.96. The summed E-state index contributed by atoms with van der Waals surface area (Å²) in [6.45, 7) is 8.92.